The zero-order valence-corrected chi connectivity index (χ0v) is 30.0. The number of nitrogens with zero attached hydrogens (tertiary/aromatic N) is 5. The number of pyridine rings is 1. The van der Waals surface area contributed by atoms with Gasteiger partial charge in [-0.15, -0.1) is 6.42 Å². The third-order valence-corrected chi connectivity index (χ3v) is 9.17. The van der Waals surface area contributed by atoms with Crippen molar-refractivity contribution in [1.82, 2.24) is 29.9 Å². The number of carbonyl (C=O) groups excluding carboxylic acids is 1. The highest BCUT2D eigenvalue weighted by molar-refractivity contribution is 6.37. The van der Waals surface area contributed by atoms with E-state index in [1.165, 1.54) is 13.8 Å². The minimum absolute atomic E-state index is 0.0844. The number of hydrogen-bond acceptors (Lipinski definition) is 6. The summed E-state index contributed by atoms with van der Waals surface area (Å²) in [5.41, 5.74) is -1.85. The molecule has 0 aliphatic heterocycles. The van der Waals surface area contributed by atoms with E-state index in [1.54, 1.807) is 43.0 Å². The number of hydrogen-bond donors (Lipinski definition) is 3. The van der Waals surface area contributed by atoms with Crippen LogP contribution < -0.4 is 10.6 Å². The molecule has 0 saturated carbocycles. The molecule has 0 spiro atoms. The third-order valence-electron chi connectivity index (χ3n) is 8.86. The molecule has 0 saturated heterocycles. The average Bonchev–Trinajstić information content (AvgIpc) is 3.71. The highest BCUT2D eigenvalue weighted by atomic mass is 35.5. The number of alkyl halides is 4. The molecule has 3 heterocycles. The number of anilines is 1. The maximum Gasteiger partial charge on any atom is 0.303 e. The van der Waals surface area contributed by atoms with E-state index in [9.17, 15) is 27.5 Å². The summed E-state index contributed by atoms with van der Waals surface area (Å²) in [4.78, 5) is 18.6. The smallest absolute Gasteiger partial charge is 0.303 e. The molecule has 2 unspecified atom stereocenters. The van der Waals surface area contributed by atoms with Gasteiger partial charge >= 0.3 is 5.92 Å². The van der Waals surface area contributed by atoms with Crippen molar-refractivity contribution >= 4 is 34.2 Å². The number of aryl methyl sites for hydroxylation is 1. The molecule has 0 bridgehead atoms. The molecule has 0 fully saturated rings. The van der Waals surface area contributed by atoms with Crippen LogP contribution in [0.3, 0.4) is 0 Å². The van der Waals surface area contributed by atoms with Gasteiger partial charge in [0.1, 0.15) is 40.9 Å². The predicted molar refractivity (Wildman–Crippen MR) is 190 cm³/mol. The number of aliphatic hydroxyl groups is 1. The average molecular weight is 768 g/mol. The van der Waals surface area contributed by atoms with Crippen molar-refractivity contribution in [2.45, 2.75) is 57.2 Å². The first-order valence-electron chi connectivity index (χ1n) is 16.5. The van der Waals surface area contributed by atoms with E-state index < -0.39 is 77.4 Å². The topological polar surface area (TPSA) is 110 Å². The van der Waals surface area contributed by atoms with Crippen LogP contribution in [0.2, 0.25) is 5.02 Å². The molecule has 3 N–H and O–H groups in total. The van der Waals surface area contributed by atoms with Crippen LogP contribution in [0.1, 0.15) is 60.2 Å². The van der Waals surface area contributed by atoms with Crippen molar-refractivity contribution < 1.29 is 36.2 Å². The van der Waals surface area contributed by atoms with Crippen LogP contribution in [0.15, 0.2) is 42.5 Å². The fourth-order valence-corrected chi connectivity index (χ4v) is 6.87. The number of amides is 1. The first kappa shape index (κ1) is 38.2. The van der Waals surface area contributed by atoms with E-state index in [2.05, 4.69) is 32.7 Å². The summed E-state index contributed by atoms with van der Waals surface area (Å²) in [6, 6.07) is 8.06. The van der Waals surface area contributed by atoms with Crippen LogP contribution in [-0.4, -0.2) is 48.2 Å². The Morgan fingerprint density at radius 1 is 1.11 bits per heavy atom. The number of carbonyl (C=O) groups is 1. The van der Waals surface area contributed by atoms with Gasteiger partial charge < -0.3 is 15.7 Å². The number of rotatable bonds is 9. The second-order valence-corrected chi connectivity index (χ2v) is 13.7. The second kappa shape index (κ2) is 14.4. The minimum Gasteiger partial charge on any atom is -0.378 e. The molecule has 9 nitrogen and oxygen atoms in total. The van der Waals surface area contributed by atoms with Gasteiger partial charge in [-0.25, -0.2) is 22.5 Å². The number of aromatic nitrogens is 5. The lowest BCUT2D eigenvalue weighted by Gasteiger charge is -2.23. The summed E-state index contributed by atoms with van der Waals surface area (Å²) in [5, 5.41) is 25.1. The molecule has 1 aliphatic rings. The Labute approximate surface area is 310 Å². The van der Waals surface area contributed by atoms with Gasteiger partial charge in [0.05, 0.1) is 33.6 Å². The molecule has 16 heteroatoms. The van der Waals surface area contributed by atoms with E-state index in [0.29, 0.717) is 43.6 Å². The van der Waals surface area contributed by atoms with Gasteiger partial charge in [-0.3, -0.25) is 14.2 Å². The van der Waals surface area contributed by atoms with Gasteiger partial charge in [-0.2, -0.15) is 19.0 Å². The summed E-state index contributed by atoms with van der Waals surface area (Å²) in [6.45, 7) is 1.98. The van der Waals surface area contributed by atoms with Crippen LogP contribution in [0.4, 0.5) is 32.2 Å². The Balaban J connectivity index is 1.52. The second-order valence-electron chi connectivity index (χ2n) is 13.3. The Morgan fingerprint density at radius 2 is 1.80 bits per heavy atom. The molecule has 54 heavy (non-hydrogen) atoms. The van der Waals surface area contributed by atoms with Crippen molar-refractivity contribution in [3.05, 3.63) is 93.0 Å². The molecule has 2 aromatic carbocycles. The van der Waals surface area contributed by atoms with Crippen molar-refractivity contribution in [3.8, 4) is 35.3 Å². The van der Waals surface area contributed by atoms with Crippen LogP contribution in [0.5, 0.6) is 0 Å². The standard InChI is InChI=1S/C38H32ClF6N7O2/c1-6-20-16-26-32(35(42)43)49-52(34(26)38(20,44)45)18-29(53)48-28(15-19-13-21(40)17-22(41)14-19)31-24(8-7-23(47-31)11-12-37(2,3)54)25-9-10-27(39)30-33(25)51(5)50-36(30)46-4/h1,7-10,13-14,17,20,28,35,54H,15-16,18H2,2-5H3,(H,46,50)(H,48,53). The molecule has 5 aromatic rings. The number of halogens is 7. The Morgan fingerprint density at radius 3 is 2.43 bits per heavy atom. The molecule has 1 aliphatic carbocycles. The normalized spacial score (nSPS) is 15.4. The van der Waals surface area contributed by atoms with E-state index in [-0.39, 0.29) is 23.4 Å². The molecule has 280 valence electrons. The van der Waals surface area contributed by atoms with E-state index in [4.69, 9.17) is 23.0 Å². The van der Waals surface area contributed by atoms with E-state index in [0.717, 1.165) is 12.1 Å². The van der Waals surface area contributed by atoms with Gasteiger partial charge in [0.15, 0.2) is 5.82 Å². The van der Waals surface area contributed by atoms with Crippen LogP contribution in [0, 0.1) is 41.7 Å². The maximum atomic E-state index is 15.4. The number of benzene rings is 2. The van der Waals surface area contributed by atoms with E-state index in [1.807, 2.05) is 5.92 Å². The number of terminal acetylenes is 1. The van der Waals surface area contributed by atoms with Crippen molar-refractivity contribution in [1.29, 1.82) is 0 Å². The molecule has 0 radical (unpaired) electrons. The molecular formula is C38H32ClF6N7O2. The quantitative estimate of drug-likeness (QED) is 0.112. The first-order valence-corrected chi connectivity index (χ1v) is 16.9. The van der Waals surface area contributed by atoms with Crippen LogP contribution in [-0.2, 0) is 37.2 Å². The molecule has 6 rings (SSSR count). The Bertz CT molecular complexity index is 2380. The monoisotopic (exact) mass is 767 g/mol. The van der Waals surface area contributed by atoms with Gasteiger partial charge in [0, 0.05) is 36.9 Å². The first-order chi connectivity index (χ1) is 25.4. The van der Waals surface area contributed by atoms with Crippen LogP contribution >= 0.6 is 11.6 Å². The molecular weight excluding hydrogens is 736 g/mol. The fourth-order valence-electron chi connectivity index (χ4n) is 6.62. The largest absolute Gasteiger partial charge is 0.378 e. The summed E-state index contributed by atoms with van der Waals surface area (Å²) in [6.07, 6.45) is 1.23. The highest BCUT2D eigenvalue weighted by Gasteiger charge is 2.53. The maximum absolute atomic E-state index is 15.4. The van der Waals surface area contributed by atoms with E-state index >= 15 is 8.78 Å². The van der Waals surface area contributed by atoms with Gasteiger partial charge in [0.2, 0.25) is 5.91 Å². The molecule has 1 amide bonds. The lowest BCUT2D eigenvalue weighted by Crippen LogP contribution is -2.35. The summed E-state index contributed by atoms with van der Waals surface area (Å²) < 4.78 is 89.9. The Kier molecular flexibility index (Phi) is 10.2. The van der Waals surface area contributed by atoms with Crippen molar-refractivity contribution in [3.63, 3.8) is 0 Å². The van der Waals surface area contributed by atoms with Gasteiger partial charge in [0.25, 0.3) is 6.43 Å². The summed E-state index contributed by atoms with van der Waals surface area (Å²) in [7, 11) is 3.35. The Hall–Kier alpha value is -5.51. The zero-order valence-electron chi connectivity index (χ0n) is 29.2. The molecule has 3 aromatic heterocycles. The van der Waals surface area contributed by atoms with Crippen LogP contribution in [0.25, 0.3) is 22.0 Å². The summed E-state index contributed by atoms with van der Waals surface area (Å²) in [5.74, 6) is -0.404. The predicted octanol–water partition coefficient (Wildman–Crippen LogP) is 6.86. The minimum atomic E-state index is -3.76. The van der Waals surface area contributed by atoms with Crippen molar-refractivity contribution in [2.75, 3.05) is 12.4 Å². The van der Waals surface area contributed by atoms with Crippen molar-refractivity contribution in [2.24, 2.45) is 13.0 Å². The number of fused-ring (bicyclic) bond motifs is 2. The third kappa shape index (κ3) is 7.34. The van der Waals surface area contributed by atoms with Gasteiger partial charge in [-0.05, 0) is 68.5 Å². The zero-order chi connectivity index (χ0) is 39.3. The highest BCUT2D eigenvalue weighted by Crippen LogP contribution is 2.48. The SMILES string of the molecule is C#CC1Cc2c(C(F)F)nn(CC(=O)NC(Cc3cc(F)cc(F)c3)c3nc(C#CC(C)(C)O)ccc3-c3ccc(Cl)c4c(NC)nn(C)c34)c2C1(F)F. The lowest BCUT2D eigenvalue weighted by atomic mass is 9.93. The van der Waals surface area contributed by atoms with Gasteiger partial charge in [-0.1, -0.05) is 29.5 Å². The fraction of sp³-hybridized carbons (Fsp3) is 0.316. The summed E-state index contributed by atoms with van der Waals surface area (Å²) >= 11 is 6.61. The lowest BCUT2D eigenvalue weighted by molar-refractivity contribution is -0.123. The number of nitrogens with one attached hydrogen (secondary N) is 2. The molecule has 2 atom stereocenters.